The normalized spacial score (nSPS) is 23.9. The highest BCUT2D eigenvalue weighted by molar-refractivity contribution is 6.00. The molecule has 4 heterocycles. The second kappa shape index (κ2) is 6.66. The second-order valence-corrected chi connectivity index (χ2v) is 7.52. The summed E-state index contributed by atoms with van der Waals surface area (Å²) in [7, 11) is 1.69. The highest BCUT2D eigenvalue weighted by Gasteiger charge is 2.37. The lowest BCUT2D eigenvalue weighted by atomic mass is 9.98. The lowest BCUT2D eigenvalue weighted by Crippen LogP contribution is -2.47. The van der Waals surface area contributed by atoms with E-state index in [4.69, 9.17) is 4.74 Å². The van der Waals surface area contributed by atoms with Gasteiger partial charge in [0.15, 0.2) is 0 Å². The van der Waals surface area contributed by atoms with E-state index >= 15 is 0 Å². The fourth-order valence-electron chi connectivity index (χ4n) is 3.70. The zero-order valence-electron chi connectivity index (χ0n) is 16.5. The number of hydrogen-bond donors (Lipinski definition) is 1. The fourth-order valence-corrected chi connectivity index (χ4v) is 3.70. The molecule has 2 aliphatic rings. The minimum Gasteiger partial charge on any atom is -0.364 e. The minimum atomic E-state index is -0.662. The number of hydrogen-bond acceptors (Lipinski definition) is 6. The summed E-state index contributed by atoms with van der Waals surface area (Å²) >= 11 is 0. The van der Waals surface area contributed by atoms with Crippen LogP contribution in [-0.4, -0.2) is 44.7 Å². The summed E-state index contributed by atoms with van der Waals surface area (Å²) in [5.41, 5.74) is 1.98. The first kappa shape index (κ1) is 18.5. The summed E-state index contributed by atoms with van der Waals surface area (Å²) in [6, 6.07) is 1.20. The molecule has 2 atom stereocenters. The van der Waals surface area contributed by atoms with Gasteiger partial charge in [-0.15, -0.1) is 0 Å². The van der Waals surface area contributed by atoms with E-state index in [1.165, 1.54) is 4.90 Å². The van der Waals surface area contributed by atoms with Crippen LogP contribution in [0.25, 0.3) is 0 Å². The molecule has 2 amide bonds. The van der Waals surface area contributed by atoms with Gasteiger partial charge in [-0.1, -0.05) is 6.92 Å². The van der Waals surface area contributed by atoms with Crippen LogP contribution >= 0.6 is 0 Å². The van der Waals surface area contributed by atoms with Gasteiger partial charge in [-0.25, -0.2) is 14.6 Å². The van der Waals surface area contributed by atoms with Crippen LogP contribution in [-0.2, 0) is 28.3 Å². The van der Waals surface area contributed by atoms with Crippen molar-refractivity contribution in [2.75, 3.05) is 11.9 Å². The van der Waals surface area contributed by atoms with Crippen molar-refractivity contribution in [2.24, 2.45) is 0 Å². The van der Waals surface area contributed by atoms with E-state index in [1.54, 1.807) is 17.9 Å². The van der Waals surface area contributed by atoms with Crippen LogP contribution in [0.2, 0.25) is 0 Å². The Hall–Kier alpha value is -2.81. The van der Waals surface area contributed by atoms with Gasteiger partial charge in [-0.2, -0.15) is 5.10 Å². The molecule has 2 aromatic rings. The Morgan fingerprint density at radius 2 is 2.25 bits per heavy atom. The number of likely N-dealkylation sites (N-methyl/N-ethyl adjacent to an activating group) is 1. The van der Waals surface area contributed by atoms with Gasteiger partial charge in [-0.3, -0.25) is 14.5 Å². The number of aryl methyl sites for hydroxylation is 2. The molecule has 1 unspecified atom stereocenters. The van der Waals surface area contributed by atoms with Crippen molar-refractivity contribution in [1.29, 1.82) is 0 Å². The van der Waals surface area contributed by atoms with Crippen molar-refractivity contribution in [3.8, 4) is 0 Å². The van der Waals surface area contributed by atoms with E-state index < -0.39 is 17.6 Å². The Balaban J connectivity index is 1.54. The summed E-state index contributed by atoms with van der Waals surface area (Å²) in [6.45, 7) is 6.84. The summed E-state index contributed by atoms with van der Waals surface area (Å²) in [5, 5.41) is 7.20. The second-order valence-electron chi connectivity index (χ2n) is 7.52. The Labute approximate surface area is 163 Å². The van der Waals surface area contributed by atoms with Gasteiger partial charge in [0.2, 0.25) is 5.82 Å². The maximum atomic E-state index is 12.8. The third-order valence-electron chi connectivity index (χ3n) is 5.58. The van der Waals surface area contributed by atoms with Gasteiger partial charge < -0.3 is 10.1 Å². The molecule has 1 N–H and O–H groups in total. The Morgan fingerprint density at radius 3 is 3.00 bits per heavy atom. The van der Waals surface area contributed by atoms with Gasteiger partial charge in [0, 0.05) is 31.4 Å². The lowest BCUT2D eigenvalue weighted by Gasteiger charge is -2.22. The maximum Gasteiger partial charge on any atom is 0.289 e. The highest BCUT2D eigenvalue weighted by Crippen LogP contribution is 2.36. The lowest BCUT2D eigenvalue weighted by molar-refractivity contribution is -0.120. The molecule has 2 aromatic heterocycles. The summed E-state index contributed by atoms with van der Waals surface area (Å²) in [5.74, 6) is 0.131. The predicted octanol–water partition coefficient (Wildman–Crippen LogP) is 1.30. The quantitative estimate of drug-likeness (QED) is 0.856. The monoisotopic (exact) mass is 384 g/mol. The van der Waals surface area contributed by atoms with Gasteiger partial charge in [0.1, 0.15) is 17.5 Å². The molecule has 0 aromatic carbocycles. The van der Waals surface area contributed by atoms with Crippen LogP contribution in [0.5, 0.6) is 0 Å². The Morgan fingerprint density at radius 1 is 1.46 bits per heavy atom. The number of carbonyl (C=O) groups excluding carboxylic acids is 2. The van der Waals surface area contributed by atoms with Gasteiger partial charge in [0.05, 0.1) is 18.0 Å². The molecule has 0 bridgehead atoms. The zero-order chi connectivity index (χ0) is 20.1. The van der Waals surface area contributed by atoms with Gasteiger partial charge in [0.25, 0.3) is 11.8 Å². The smallest absolute Gasteiger partial charge is 0.289 e. The molecule has 0 saturated carbocycles. The molecule has 0 saturated heterocycles. The SMILES string of the molecule is CCC1(C)OCc2cnc(C(=O)N[C@H]3CCn4nc(C)cc4N(C)C3=O)nc21. The highest BCUT2D eigenvalue weighted by atomic mass is 16.5. The molecule has 9 nitrogen and oxygen atoms in total. The topological polar surface area (TPSA) is 102 Å². The predicted molar refractivity (Wildman–Crippen MR) is 101 cm³/mol. The van der Waals surface area contributed by atoms with E-state index in [-0.39, 0.29) is 11.7 Å². The fraction of sp³-hybridized carbons (Fsp3) is 0.526. The zero-order valence-corrected chi connectivity index (χ0v) is 16.5. The first-order chi connectivity index (χ1) is 13.3. The molecular formula is C19H24N6O3. The van der Waals surface area contributed by atoms with Crippen LogP contribution in [0.4, 0.5) is 5.82 Å². The van der Waals surface area contributed by atoms with Crippen molar-refractivity contribution in [2.45, 2.75) is 58.4 Å². The Kier molecular flexibility index (Phi) is 4.41. The van der Waals surface area contributed by atoms with Crippen LogP contribution in [0.3, 0.4) is 0 Å². The number of nitrogens with one attached hydrogen (secondary N) is 1. The molecule has 0 fully saturated rings. The van der Waals surface area contributed by atoms with E-state index in [0.29, 0.717) is 19.6 Å². The third-order valence-corrected chi connectivity index (χ3v) is 5.58. The van der Waals surface area contributed by atoms with Crippen LogP contribution < -0.4 is 10.2 Å². The van der Waals surface area contributed by atoms with E-state index in [1.807, 2.05) is 26.8 Å². The average Bonchev–Trinajstić information content (AvgIpc) is 3.21. The largest absolute Gasteiger partial charge is 0.364 e. The molecule has 148 valence electrons. The number of fused-ring (bicyclic) bond motifs is 2. The van der Waals surface area contributed by atoms with Gasteiger partial charge >= 0.3 is 0 Å². The molecule has 28 heavy (non-hydrogen) atoms. The van der Waals surface area contributed by atoms with Crippen molar-refractivity contribution < 1.29 is 14.3 Å². The van der Waals surface area contributed by atoms with E-state index in [9.17, 15) is 9.59 Å². The number of ether oxygens (including phenoxy) is 1. The Bertz CT molecular complexity index is 955. The summed E-state index contributed by atoms with van der Waals surface area (Å²) in [6.07, 6.45) is 2.83. The first-order valence-corrected chi connectivity index (χ1v) is 9.45. The molecule has 0 spiro atoms. The number of aromatic nitrogens is 4. The molecule has 4 rings (SSSR count). The third kappa shape index (κ3) is 2.95. The molecular weight excluding hydrogens is 360 g/mol. The molecule has 9 heteroatoms. The number of amides is 2. The molecule has 0 aliphatic carbocycles. The van der Waals surface area contributed by atoms with Crippen LogP contribution in [0.1, 0.15) is 54.3 Å². The molecule has 0 radical (unpaired) electrons. The van der Waals surface area contributed by atoms with Crippen molar-refractivity contribution in [3.63, 3.8) is 0 Å². The van der Waals surface area contributed by atoms with Gasteiger partial charge in [-0.05, 0) is 26.7 Å². The van der Waals surface area contributed by atoms with Crippen molar-refractivity contribution in [1.82, 2.24) is 25.1 Å². The molecule has 2 aliphatic heterocycles. The van der Waals surface area contributed by atoms with Crippen molar-refractivity contribution >= 4 is 17.6 Å². The number of anilines is 1. The first-order valence-electron chi connectivity index (χ1n) is 9.45. The van der Waals surface area contributed by atoms with Crippen LogP contribution in [0.15, 0.2) is 12.3 Å². The summed E-state index contributed by atoms with van der Waals surface area (Å²) in [4.78, 5) is 35.8. The average molecular weight is 384 g/mol. The minimum absolute atomic E-state index is 0.0530. The number of carbonyl (C=O) groups is 2. The van der Waals surface area contributed by atoms with E-state index in [2.05, 4.69) is 20.4 Å². The van der Waals surface area contributed by atoms with E-state index in [0.717, 1.165) is 29.2 Å². The van der Waals surface area contributed by atoms with Crippen molar-refractivity contribution in [3.05, 3.63) is 35.0 Å². The van der Waals surface area contributed by atoms with Crippen LogP contribution in [0, 0.1) is 6.92 Å². The maximum absolute atomic E-state index is 12.8. The number of nitrogens with zero attached hydrogens (tertiary/aromatic N) is 5. The number of rotatable bonds is 3. The standard InChI is InChI=1S/C19H24N6O3/c1-5-19(3)15-12(10-28-19)9-20-16(22-15)17(26)21-13-6-7-25-14(8-11(2)23-25)24(4)18(13)27/h8-9,13H,5-7,10H2,1-4H3,(H,21,26)/t13-,19?/m0/s1. The summed E-state index contributed by atoms with van der Waals surface area (Å²) < 4.78 is 7.61.